The first-order chi connectivity index (χ1) is 5.43. The summed E-state index contributed by atoms with van der Waals surface area (Å²) in [5.74, 6) is 3.91. The van der Waals surface area contributed by atoms with Gasteiger partial charge in [-0.1, -0.05) is 6.58 Å². The Morgan fingerprint density at radius 1 is 1.67 bits per heavy atom. The Kier molecular flexibility index (Phi) is 3.83. The SMILES string of the molecule is C=CC(=O)N(N)OS(=O)(=O)OC. The van der Waals surface area contributed by atoms with E-state index >= 15 is 0 Å². The summed E-state index contributed by atoms with van der Waals surface area (Å²) in [6, 6.07) is 0. The molecule has 70 valence electrons. The van der Waals surface area contributed by atoms with Crippen LogP contribution in [0.2, 0.25) is 0 Å². The van der Waals surface area contributed by atoms with Crippen LogP contribution in [0.15, 0.2) is 12.7 Å². The van der Waals surface area contributed by atoms with Gasteiger partial charge in [0.2, 0.25) is 0 Å². The molecule has 0 spiro atoms. The van der Waals surface area contributed by atoms with Crippen LogP contribution < -0.4 is 5.84 Å². The lowest BCUT2D eigenvalue weighted by molar-refractivity contribution is -0.153. The quantitative estimate of drug-likeness (QED) is 0.259. The maximum absolute atomic E-state index is 10.5. The number of amides is 1. The molecule has 2 N–H and O–H groups in total. The molecule has 0 bridgehead atoms. The zero-order valence-corrected chi connectivity index (χ0v) is 7.08. The molecule has 8 heteroatoms. The van der Waals surface area contributed by atoms with Crippen LogP contribution in [0.4, 0.5) is 0 Å². The molecule has 1 amide bonds. The fourth-order valence-electron chi connectivity index (χ4n) is 0.255. The molecule has 0 aromatic rings. The summed E-state index contributed by atoms with van der Waals surface area (Å²) in [6.45, 7) is 3.05. The summed E-state index contributed by atoms with van der Waals surface area (Å²) >= 11 is 0. The number of carbonyl (C=O) groups is 1. The monoisotopic (exact) mass is 196 g/mol. The Hall–Kier alpha value is -0.960. The molecule has 0 aromatic heterocycles. The van der Waals surface area contributed by atoms with Crippen LogP contribution in [0.1, 0.15) is 0 Å². The normalized spacial score (nSPS) is 10.8. The third-order valence-corrected chi connectivity index (χ3v) is 1.52. The second kappa shape index (κ2) is 4.16. The fraction of sp³-hybridized carbons (Fsp3) is 0.250. The lowest BCUT2D eigenvalue weighted by Crippen LogP contribution is -2.38. The molecule has 0 aromatic carbocycles. The summed E-state index contributed by atoms with van der Waals surface area (Å²) < 4.78 is 28.7. The summed E-state index contributed by atoms with van der Waals surface area (Å²) in [7, 11) is -3.38. The Bertz CT molecular complexity index is 271. The number of hydrogen-bond donors (Lipinski definition) is 1. The minimum absolute atomic E-state index is 0.00810. The van der Waals surface area contributed by atoms with E-state index in [1.54, 1.807) is 0 Å². The van der Waals surface area contributed by atoms with E-state index in [0.29, 0.717) is 0 Å². The largest absolute Gasteiger partial charge is 0.422 e. The second-order valence-electron chi connectivity index (χ2n) is 1.52. The van der Waals surface area contributed by atoms with Crippen molar-refractivity contribution < 1.29 is 21.7 Å². The number of nitrogens with zero attached hydrogens (tertiary/aromatic N) is 1. The van der Waals surface area contributed by atoms with Gasteiger partial charge >= 0.3 is 10.4 Å². The standard InChI is InChI=1S/C4H8N2O5S/c1-3-4(7)6(5)11-12(8,9)10-2/h3H,1,5H2,2H3. The Labute approximate surface area is 69.6 Å². The van der Waals surface area contributed by atoms with Crippen LogP contribution in [0.5, 0.6) is 0 Å². The van der Waals surface area contributed by atoms with Crippen LogP contribution in [-0.4, -0.2) is 26.6 Å². The lowest BCUT2D eigenvalue weighted by Gasteiger charge is -2.10. The predicted octanol–water partition coefficient (Wildman–Crippen LogP) is -1.30. The third-order valence-electron chi connectivity index (χ3n) is 0.768. The first kappa shape index (κ1) is 11.0. The summed E-state index contributed by atoms with van der Waals surface area (Å²) in [6.07, 6.45) is 0.783. The van der Waals surface area contributed by atoms with E-state index in [1.807, 2.05) is 0 Å². The number of rotatable bonds is 4. The minimum atomic E-state index is -4.24. The van der Waals surface area contributed by atoms with Gasteiger partial charge in [0.15, 0.2) is 0 Å². The van der Waals surface area contributed by atoms with Gasteiger partial charge in [-0.2, -0.15) is 8.42 Å². The zero-order chi connectivity index (χ0) is 9.78. The van der Waals surface area contributed by atoms with Crippen LogP contribution in [-0.2, 0) is 23.7 Å². The Morgan fingerprint density at radius 3 is 2.50 bits per heavy atom. The van der Waals surface area contributed by atoms with E-state index < -0.39 is 16.3 Å². The third kappa shape index (κ3) is 3.44. The number of hydroxylamine groups is 1. The number of hydrogen-bond acceptors (Lipinski definition) is 6. The van der Waals surface area contributed by atoms with Crippen molar-refractivity contribution in [2.75, 3.05) is 7.11 Å². The molecule has 0 unspecified atom stereocenters. The maximum atomic E-state index is 10.5. The topological polar surface area (TPSA) is 98.9 Å². The van der Waals surface area contributed by atoms with Crippen molar-refractivity contribution in [2.24, 2.45) is 5.84 Å². The molecule has 7 nitrogen and oxygen atoms in total. The minimum Gasteiger partial charge on any atom is -0.266 e. The van der Waals surface area contributed by atoms with Crippen molar-refractivity contribution in [3.8, 4) is 0 Å². The summed E-state index contributed by atoms with van der Waals surface area (Å²) in [4.78, 5) is 10.5. The van der Waals surface area contributed by atoms with Gasteiger partial charge in [0, 0.05) is 0 Å². The molecule has 0 radical (unpaired) electrons. The van der Waals surface area contributed by atoms with Gasteiger partial charge in [-0.25, -0.2) is 5.84 Å². The molecule has 12 heavy (non-hydrogen) atoms. The van der Waals surface area contributed by atoms with Gasteiger partial charge in [0.05, 0.1) is 7.11 Å². The van der Waals surface area contributed by atoms with Gasteiger partial charge in [-0.15, -0.1) is 9.46 Å². The van der Waals surface area contributed by atoms with Gasteiger partial charge < -0.3 is 0 Å². The van der Waals surface area contributed by atoms with E-state index in [-0.39, 0.29) is 5.17 Å². The molecule has 0 aliphatic heterocycles. The second-order valence-corrected chi connectivity index (χ2v) is 2.82. The van der Waals surface area contributed by atoms with Crippen LogP contribution in [0.3, 0.4) is 0 Å². The molecule has 0 rings (SSSR count). The molecule has 0 atom stereocenters. The number of nitrogens with two attached hydrogens (primary N) is 1. The summed E-state index contributed by atoms with van der Waals surface area (Å²) in [5.41, 5.74) is 0. The molecule has 0 fully saturated rings. The average molecular weight is 196 g/mol. The lowest BCUT2D eigenvalue weighted by atomic mass is 10.6. The highest BCUT2D eigenvalue weighted by molar-refractivity contribution is 7.81. The van der Waals surface area contributed by atoms with Crippen molar-refractivity contribution in [1.29, 1.82) is 0 Å². The molecule has 0 heterocycles. The molecule has 0 aliphatic carbocycles. The van der Waals surface area contributed by atoms with Gasteiger partial charge in [-0.05, 0) is 6.08 Å². The molecule has 0 aliphatic rings. The fourth-order valence-corrected chi connectivity index (χ4v) is 0.586. The van der Waals surface area contributed by atoms with Crippen molar-refractivity contribution >= 4 is 16.3 Å². The molecule has 0 saturated heterocycles. The highest BCUT2D eigenvalue weighted by Gasteiger charge is 2.17. The van der Waals surface area contributed by atoms with E-state index in [1.165, 1.54) is 0 Å². The molecule has 0 saturated carbocycles. The van der Waals surface area contributed by atoms with Gasteiger partial charge in [-0.3, -0.25) is 8.98 Å². The van der Waals surface area contributed by atoms with E-state index in [4.69, 9.17) is 5.84 Å². The Balaban J connectivity index is 4.28. The van der Waals surface area contributed by atoms with Gasteiger partial charge in [0.25, 0.3) is 5.91 Å². The first-order valence-electron chi connectivity index (χ1n) is 2.64. The van der Waals surface area contributed by atoms with E-state index in [2.05, 4.69) is 15.0 Å². The predicted molar refractivity (Wildman–Crippen MR) is 38.2 cm³/mol. The highest BCUT2D eigenvalue weighted by Crippen LogP contribution is 1.95. The van der Waals surface area contributed by atoms with Crippen molar-refractivity contribution in [3.63, 3.8) is 0 Å². The summed E-state index contributed by atoms with van der Waals surface area (Å²) in [5, 5.41) is -0.00810. The Morgan fingerprint density at radius 2 is 2.17 bits per heavy atom. The van der Waals surface area contributed by atoms with E-state index in [0.717, 1.165) is 13.2 Å². The zero-order valence-electron chi connectivity index (χ0n) is 6.26. The molecular weight excluding hydrogens is 188 g/mol. The highest BCUT2D eigenvalue weighted by atomic mass is 32.3. The van der Waals surface area contributed by atoms with Crippen LogP contribution in [0, 0.1) is 0 Å². The smallest absolute Gasteiger partial charge is 0.266 e. The maximum Gasteiger partial charge on any atom is 0.422 e. The van der Waals surface area contributed by atoms with Crippen molar-refractivity contribution in [2.45, 2.75) is 0 Å². The van der Waals surface area contributed by atoms with Crippen molar-refractivity contribution in [1.82, 2.24) is 5.17 Å². The van der Waals surface area contributed by atoms with Crippen LogP contribution >= 0.6 is 0 Å². The number of hydrazine groups is 1. The van der Waals surface area contributed by atoms with Crippen molar-refractivity contribution in [3.05, 3.63) is 12.7 Å². The number of carbonyl (C=O) groups excluding carboxylic acids is 1. The van der Waals surface area contributed by atoms with E-state index in [9.17, 15) is 13.2 Å². The first-order valence-corrected chi connectivity index (χ1v) is 3.97. The average Bonchev–Trinajstić information content (AvgIpc) is 2.02. The van der Waals surface area contributed by atoms with Gasteiger partial charge in [0.1, 0.15) is 0 Å². The van der Waals surface area contributed by atoms with Crippen LogP contribution in [0.25, 0.3) is 0 Å². The molecular formula is C4H8N2O5S.